The van der Waals surface area contributed by atoms with Crippen molar-refractivity contribution in [2.45, 2.75) is 13.0 Å². The van der Waals surface area contributed by atoms with E-state index < -0.39 is 5.82 Å². The summed E-state index contributed by atoms with van der Waals surface area (Å²) in [5.74, 6) is -1.51. The van der Waals surface area contributed by atoms with E-state index >= 15 is 0 Å². The number of methoxy groups -OCH3 is 1. The van der Waals surface area contributed by atoms with Crippen LogP contribution in [-0.4, -0.2) is 54.9 Å². The van der Waals surface area contributed by atoms with Crippen LogP contribution in [0.3, 0.4) is 0 Å². The van der Waals surface area contributed by atoms with E-state index in [4.69, 9.17) is 4.74 Å². The van der Waals surface area contributed by atoms with E-state index in [1.807, 2.05) is 0 Å². The molecule has 162 valence electrons. The van der Waals surface area contributed by atoms with Gasteiger partial charge < -0.3 is 14.5 Å². The van der Waals surface area contributed by atoms with Crippen molar-refractivity contribution in [2.75, 3.05) is 33.3 Å². The molecule has 3 aromatic rings. The summed E-state index contributed by atoms with van der Waals surface area (Å²) in [6.07, 6.45) is 0.574. The quantitative estimate of drug-likeness (QED) is 0.603. The molecule has 0 saturated carbocycles. The normalized spacial score (nSPS) is 14.7. The van der Waals surface area contributed by atoms with Crippen LogP contribution in [0.4, 0.5) is 8.78 Å². The topological polar surface area (TPSA) is 49.9 Å². The third-order valence-electron chi connectivity index (χ3n) is 5.42. The van der Waals surface area contributed by atoms with Crippen molar-refractivity contribution in [1.82, 2.24) is 9.80 Å². The number of benzene rings is 2. The number of rotatable bonds is 4. The third kappa shape index (κ3) is 4.18. The predicted octanol–water partition coefficient (Wildman–Crippen LogP) is 4.31. The molecule has 1 saturated heterocycles. The van der Waals surface area contributed by atoms with Crippen molar-refractivity contribution in [2.24, 2.45) is 0 Å². The average molecular weight is 445 g/mol. The van der Waals surface area contributed by atoms with Crippen molar-refractivity contribution < 1.29 is 23.1 Å². The van der Waals surface area contributed by atoms with Crippen molar-refractivity contribution in [3.8, 4) is 0 Å². The van der Waals surface area contributed by atoms with Gasteiger partial charge in [0.05, 0.1) is 17.0 Å². The highest BCUT2D eigenvalue weighted by molar-refractivity contribution is 7.21. The fourth-order valence-electron chi connectivity index (χ4n) is 3.89. The number of fused-ring (bicyclic) bond motifs is 1. The minimum Gasteiger partial charge on any atom is -0.380 e. The Balaban J connectivity index is 1.56. The molecule has 2 heterocycles. The predicted molar refractivity (Wildman–Crippen MR) is 115 cm³/mol. The molecule has 1 aliphatic rings. The third-order valence-corrected chi connectivity index (χ3v) is 6.61. The van der Waals surface area contributed by atoms with Gasteiger partial charge in [-0.05, 0) is 30.7 Å². The average Bonchev–Trinajstić information content (AvgIpc) is 2.96. The van der Waals surface area contributed by atoms with Gasteiger partial charge in [-0.15, -0.1) is 11.3 Å². The maximum atomic E-state index is 14.4. The monoisotopic (exact) mass is 444 g/mol. The van der Waals surface area contributed by atoms with Crippen LogP contribution < -0.4 is 0 Å². The first kappa shape index (κ1) is 21.4. The van der Waals surface area contributed by atoms with Gasteiger partial charge in [0, 0.05) is 48.9 Å². The van der Waals surface area contributed by atoms with Crippen LogP contribution in [0.2, 0.25) is 0 Å². The highest BCUT2D eigenvalue weighted by atomic mass is 32.1. The molecule has 5 nitrogen and oxygen atoms in total. The number of ether oxygens (including phenoxy) is 1. The summed E-state index contributed by atoms with van der Waals surface area (Å²) >= 11 is 1.25. The maximum absolute atomic E-state index is 14.4. The lowest BCUT2D eigenvalue weighted by atomic mass is 10.1. The molecule has 1 aliphatic heterocycles. The van der Waals surface area contributed by atoms with Gasteiger partial charge in [-0.25, -0.2) is 8.78 Å². The summed E-state index contributed by atoms with van der Waals surface area (Å²) < 4.78 is 34.4. The van der Waals surface area contributed by atoms with Crippen molar-refractivity contribution in [3.63, 3.8) is 0 Å². The molecule has 0 N–H and O–H groups in total. The standard InChI is InChI=1S/C23H22F2N2O3S/c1-30-14-16-20-18(25)8-4-9-19(20)31-21(16)23(29)27-11-5-10-26(12-13-27)22(28)15-6-2-3-7-17(15)24/h2-4,6-9H,5,10-14H2,1H3. The Bertz CT molecular complexity index is 1130. The molecule has 0 radical (unpaired) electrons. The van der Waals surface area contributed by atoms with Gasteiger partial charge in [0.1, 0.15) is 11.6 Å². The first-order valence-electron chi connectivity index (χ1n) is 10.0. The molecule has 31 heavy (non-hydrogen) atoms. The summed E-state index contributed by atoms with van der Waals surface area (Å²) in [5.41, 5.74) is 0.582. The molecule has 0 aliphatic carbocycles. The molecule has 0 spiro atoms. The Morgan fingerprint density at radius 3 is 2.32 bits per heavy atom. The van der Waals surface area contributed by atoms with Gasteiger partial charge in [-0.1, -0.05) is 18.2 Å². The number of carbonyl (C=O) groups is 2. The molecule has 2 aromatic carbocycles. The number of hydrogen-bond donors (Lipinski definition) is 0. The minimum atomic E-state index is -0.554. The summed E-state index contributed by atoms with van der Waals surface area (Å²) in [4.78, 5) is 29.8. The number of halogens is 2. The lowest BCUT2D eigenvalue weighted by Crippen LogP contribution is -2.37. The zero-order chi connectivity index (χ0) is 22.0. The zero-order valence-corrected chi connectivity index (χ0v) is 17.9. The number of carbonyl (C=O) groups excluding carboxylic acids is 2. The number of amides is 2. The SMILES string of the molecule is COCc1c(C(=O)N2CCCN(C(=O)c3ccccc3F)CC2)sc2cccc(F)c12. The molecule has 1 aromatic heterocycles. The van der Waals surface area contributed by atoms with Gasteiger partial charge in [-0.2, -0.15) is 0 Å². The number of nitrogens with zero attached hydrogens (tertiary/aromatic N) is 2. The summed E-state index contributed by atoms with van der Waals surface area (Å²) in [6.45, 7) is 1.65. The molecule has 0 bridgehead atoms. The van der Waals surface area contributed by atoms with E-state index in [1.54, 1.807) is 34.1 Å². The van der Waals surface area contributed by atoms with Gasteiger partial charge in [0.25, 0.3) is 11.8 Å². The Hall–Kier alpha value is -2.84. The molecule has 0 atom stereocenters. The lowest BCUT2D eigenvalue weighted by molar-refractivity contribution is 0.0716. The minimum absolute atomic E-state index is 0.0321. The Morgan fingerprint density at radius 1 is 0.935 bits per heavy atom. The van der Waals surface area contributed by atoms with E-state index in [-0.39, 0.29) is 29.8 Å². The van der Waals surface area contributed by atoms with Gasteiger partial charge in [0.2, 0.25) is 0 Å². The van der Waals surface area contributed by atoms with Gasteiger partial charge >= 0.3 is 0 Å². The Morgan fingerprint density at radius 2 is 1.61 bits per heavy atom. The van der Waals surface area contributed by atoms with Crippen molar-refractivity contribution in [3.05, 3.63) is 70.1 Å². The van der Waals surface area contributed by atoms with Crippen LogP contribution in [0, 0.1) is 11.6 Å². The molecule has 2 amide bonds. The smallest absolute Gasteiger partial charge is 0.264 e. The highest BCUT2D eigenvalue weighted by Gasteiger charge is 2.28. The van der Waals surface area contributed by atoms with E-state index in [2.05, 4.69) is 0 Å². The summed E-state index contributed by atoms with van der Waals surface area (Å²) in [7, 11) is 1.51. The van der Waals surface area contributed by atoms with Gasteiger partial charge in [-0.3, -0.25) is 9.59 Å². The highest BCUT2D eigenvalue weighted by Crippen LogP contribution is 2.34. The number of hydrogen-bond acceptors (Lipinski definition) is 4. The van der Waals surface area contributed by atoms with Crippen LogP contribution in [0.25, 0.3) is 10.1 Å². The fourth-order valence-corrected chi connectivity index (χ4v) is 5.08. The molecular formula is C23H22F2N2O3S. The maximum Gasteiger partial charge on any atom is 0.264 e. The van der Waals surface area contributed by atoms with Crippen LogP contribution in [0.15, 0.2) is 42.5 Å². The second-order valence-corrected chi connectivity index (χ2v) is 8.43. The van der Waals surface area contributed by atoms with E-state index in [0.29, 0.717) is 53.1 Å². The van der Waals surface area contributed by atoms with Crippen LogP contribution in [0.5, 0.6) is 0 Å². The van der Waals surface area contributed by atoms with Gasteiger partial charge in [0.15, 0.2) is 0 Å². The molecule has 8 heteroatoms. The van der Waals surface area contributed by atoms with E-state index in [1.165, 1.54) is 36.6 Å². The van der Waals surface area contributed by atoms with Crippen molar-refractivity contribution in [1.29, 1.82) is 0 Å². The lowest BCUT2D eigenvalue weighted by Gasteiger charge is -2.22. The Labute approximate surface area is 182 Å². The summed E-state index contributed by atoms with van der Waals surface area (Å²) in [6, 6.07) is 10.7. The van der Waals surface area contributed by atoms with E-state index in [0.717, 1.165) is 0 Å². The number of thiophene rings is 1. The second-order valence-electron chi connectivity index (χ2n) is 7.37. The van der Waals surface area contributed by atoms with Crippen LogP contribution in [0.1, 0.15) is 32.0 Å². The molecular weight excluding hydrogens is 422 g/mol. The van der Waals surface area contributed by atoms with Crippen molar-refractivity contribution >= 4 is 33.2 Å². The van der Waals surface area contributed by atoms with E-state index in [9.17, 15) is 18.4 Å². The van der Waals surface area contributed by atoms with Crippen LogP contribution >= 0.6 is 11.3 Å². The largest absolute Gasteiger partial charge is 0.380 e. The Kier molecular flexibility index (Phi) is 6.29. The summed E-state index contributed by atoms with van der Waals surface area (Å²) in [5, 5.41) is 0.420. The molecule has 0 unspecified atom stereocenters. The fraction of sp³-hybridized carbons (Fsp3) is 0.304. The first-order chi connectivity index (χ1) is 15.0. The van der Waals surface area contributed by atoms with Crippen LogP contribution in [-0.2, 0) is 11.3 Å². The first-order valence-corrected chi connectivity index (χ1v) is 10.8. The molecule has 1 fully saturated rings. The zero-order valence-electron chi connectivity index (χ0n) is 17.1. The molecule has 4 rings (SSSR count). The second kappa shape index (κ2) is 9.11.